The molecule has 72 heavy (non-hydrogen) atoms. The molecule has 0 spiro atoms. The Morgan fingerprint density at radius 2 is 0.667 bits per heavy atom. The number of benzene rings is 9. The third-order valence-corrected chi connectivity index (χ3v) is 17.4. The summed E-state index contributed by atoms with van der Waals surface area (Å²) in [5.41, 5.74) is 9.63. The molecule has 3 aliphatic rings. The maximum absolute atomic E-state index is 14.0. The lowest BCUT2D eigenvalue weighted by Crippen LogP contribution is -2.28. The molecule has 360 valence electrons. The molecular formula is C62H52O8S2. The van der Waals surface area contributed by atoms with Crippen molar-refractivity contribution in [3.63, 3.8) is 0 Å². The van der Waals surface area contributed by atoms with Crippen molar-refractivity contribution in [3.8, 4) is 40.2 Å². The van der Waals surface area contributed by atoms with Crippen LogP contribution < -0.4 is 18.9 Å². The molecule has 0 fully saturated rings. The summed E-state index contributed by atoms with van der Waals surface area (Å²) in [7, 11) is -5.96. The highest BCUT2D eigenvalue weighted by atomic mass is 32.2. The molecule has 0 heterocycles. The molecule has 0 aliphatic heterocycles. The zero-order valence-electron chi connectivity index (χ0n) is 39.4. The van der Waals surface area contributed by atoms with Gasteiger partial charge in [-0.25, -0.2) is 16.8 Å². The molecule has 0 atom stereocenters. The summed E-state index contributed by atoms with van der Waals surface area (Å²) < 4.78 is 79.8. The van der Waals surface area contributed by atoms with Crippen LogP contribution in [-0.4, -0.2) is 23.9 Å². The normalized spacial score (nSPS) is 14.5. The van der Waals surface area contributed by atoms with Gasteiger partial charge in [0.25, 0.3) is 0 Å². The van der Waals surface area contributed by atoms with Gasteiger partial charge in [-0.1, -0.05) is 112 Å². The van der Waals surface area contributed by atoms with Crippen LogP contribution in [0, 0.1) is 6.92 Å². The van der Waals surface area contributed by atoms with Crippen LogP contribution in [-0.2, 0) is 25.1 Å². The number of sulfone groups is 2. The highest BCUT2D eigenvalue weighted by molar-refractivity contribution is 7.91. The summed E-state index contributed by atoms with van der Waals surface area (Å²) in [5, 5.41) is 0. The Balaban J connectivity index is 0.00000596. The van der Waals surface area contributed by atoms with Gasteiger partial charge in [0.1, 0.15) is 40.2 Å². The standard InChI is InChI=1S/C61H48O8S2.CH4/c1-39-13-29-47(30-14-39)70(62,63)49-33-25-45(26-34-49)68-55-37-38-56(60-58-53-11-7-5-9-51(53)57(59(55)60)52-10-6-8-12-54(52)58)69-46-27-35-50(36-28-46)71(64,65)48-31-23-44(24-32-48)67-43-21-17-41(18-22-43)61(2,3)40-15-19-42(66-4)20-16-40;/h5-38,57-58H,1-4H3;1H4. The van der Waals surface area contributed by atoms with Gasteiger partial charge in [0, 0.05) is 28.4 Å². The summed E-state index contributed by atoms with van der Waals surface area (Å²) in [6, 6.07) is 62.9. The summed E-state index contributed by atoms with van der Waals surface area (Å²) >= 11 is 0. The third kappa shape index (κ3) is 8.50. The van der Waals surface area contributed by atoms with Gasteiger partial charge >= 0.3 is 0 Å². The van der Waals surface area contributed by atoms with Crippen molar-refractivity contribution in [2.75, 3.05) is 7.11 Å². The van der Waals surface area contributed by atoms with E-state index < -0.39 is 19.7 Å². The predicted octanol–water partition coefficient (Wildman–Crippen LogP) is 15.0. The highest BCUT2D eigenvalue weighted by Crippen LogP contribution is 2.60. The topological polar surface area (TPSA) is 105 Å². The van der Waals surface area contributed by atoms with Gasteiger partial charge in [-0.2, -0.15) is 0 Å². The van der Waals surface area contributed by atoms with Gasteiger partial charge in [0.05, 0.1) is 26.7 Å². The first-order valence-electron chi connectivity index (χ1n) is 23.3. The largest absolute Gasteiger partial charge is 0.497 e. The Labute approximate surface area is 422 Å². The van der Waals surface area contributed by atoms with Crippen molar-refractivity contribution >= 4 is 19.7 Å². The van der Waals surface area contributed by atoms with E-state index in [1.54, 1.807) is 104 Å². The molecule has 9 aromatic rings. The minimum atomic E-state index is -3.89. The maximum Gasteiger partial charge on any atom is 0.206 e. The minimum Gasteiger partial charge on any atom is -0.497 e. The fourth-order valence-corrected chi connectivity index (χ4v) is 12.5. The molecule has 0 saturated carbocycles. The fourth-order valence-electron chi connectivity index (χ4n) is 9.95. The third-order valence-electron chi connectivity index (χ3n) is 13.8. The Bertz CT molecular complexity index is 3630. The van der Waals surface area contributed by atoms with Crippen molar-refractivity contribution in [1.82, 2.24) is 0 Å². The highest BCUT2D eigenvalue weighted by Gasteiger charge is 2.45. The molecule has 0 N–H and O–H groups in total. The summed E-state index contributed by atoms with van der Waals surface area (Å²) in [6.45, 7) is 6.26. The predicted molar refractivity (Wildman–Crippen MR) is 281 cm³/mol. The van der Waals surface area contributed by atoms with Crippen LogP contribution in [0.25, 0.3) is 0 Å². The number of hydrogen-bond acceptors (Lipinski definition) is 8. The Morgan fingerprint density at radius 1 is 0.375 bits per heavy atom. The van der Waals surface area contributed by atoms with E-state index in [9.17, 15) is 16.8 Å². The second-order valence-corrected chi connectivity index (χ2v) is 22.3. The Hall–Kier alpha value is -7.92. The van der Waals surface area contributed by atoms with Gasteiger partial charge in [0.15, 0.2) is 0 Å². The molecule has 10 heteroatoms. The van der Waals surface area contributed by atoms with Crippen molar-refractivity contribution in [3.05, 3.63) is 256 Å². The van der Waals surface area contributed by atoms with E-state index in [0.717, 1.165) is 33.6 Å². The summed E-state index contributed by atoms with van der Waals surface area (Å²) in [4.78, 5) is 0.661. The van der Waals surface area contributed by atoms with Crippen molar-refractivity contribution in [1.29, 1.82) is 0 Å². The first-order chi connectivity index (χ1) is 34.3. The van der Waals surface area contributed by atoms with Gasteiger partial charge in [-0.15, -0.1) is 0 Å². The van der Waals surface area contributed by atoms with E-state index in [-0.39, 0.29) is 44.3 Å². The Kier molecular flexibility index (Phi) is 12.4. The van der Waals surface area contributed by atoms with Crippen LogP contribution in [0.4, 0.5) is 0 Å². The summed E-state index contributed by atoms with van der Waals surface area (Å²) in [5.74, 6) is 3.81. The number of hydrogen-bond donors (Lipinski definition) is 0. The quantitative estimate of drug-likeness (QED) is 0.112. The molecule has 0 radical (unpaired) electrons. The molecule has 12 rings (SSSR count). The second kappa shape index (κ2) is 18.7. The smallest absolute Gasteiger partial charge is 0.206 e. The molecule has 9 aromatic carbocycles. The van der Waals surface area contributed by atoms with E-state index in [1.807, 2.05) is 55.5 Å². The van der Waals surface area contributed by atoms with Gasteiger partial charge in [0.2, 0.25) is 19.7 Å². The Morgan fingerprint density at radius 3 is 1.00 bits per heavy atom. The van der Waals surface area contributed by atoms with E-state index in [0.29, 0.717) is 34.5 Å². The monoisotopic (exact) mass is 988 g/mol. The van der Waals surface area contributed by atoms with Crippen LogP contribution in [0.5, 0.6) is 40.2 Å². The maximum atomic E-state index is 14.0. The first-order valence-corrected chi connectivity index (χ1v) is 26.3. The average molecular weight is 989 g/mol. The number of methoxy groups -OCH3 is 1. The minimum absolute atomic E-state index is 0. The van der Waals surface area contributed by atoms with E-state index >= 15 is 0 Å². The molecule has 2 bridgehead atoms. The average Bonchev–Trinajstić information content (AvgIpc) is 3.40. The SMILES string of the molecule is C.COc1ccc(C(C)(C)c2ccc(Oc3ccc(S(=O)(=O)c4ccc(Oc5ccc(Oc6ccc(S(=O)(=O)c7ccc(C)cc7)cc6)c6c5C5c7ccccc7C6c6ccccc65)cc4)cc3)cc2)cc1. The number of aryl methyl sites for hydroxylation is 1. The lowest BCUT2D eigenvalue weighted by Gasteiger charge is -2.43. The van der Waals surface area contributed by atoms with E-state index in [1.165, 1.54) is 22.3 Å². The van der Waals surface area contributed by atoms with Crippen LogP contribution in [0.2, 0.25) is 0 Å². The van der Waals surface area contributed by atoms with Crippen LogP contribution in [0.1, 0.15) is 83.2 Å². The number of ether oxygens (including phenoxy) is 4. The molecule has 0 saturated heterocycles. The van der Waals surface area contributed by atoms with Crippen molar-refractivity contribution < 1.29 is 35.8 Å². The number of rotatable bonds is 13. The molecule has 0 amide bonds. The molecule has 0 aromatic heterocycles. The molecule has 0 unspecified atom stereocenters. The van der Waals surface area contributed by atoms with Crippen molar-refractivity contribution in [2.45, 2.75) is 65.0 Å². The van der Waals surface area contributed by atoms with Crippen LogP contribution in [0.3, 0.4) is 0 Å². The summed E-state index contributed by atoms with van der Waals surface area (Å²) in [6.07, 6.45) is 0. The van der Waals surface area contributed by atoms with Crippen molar-refractivity contribution in [2.24, 2.45) is 0 Å². The molecule has 3 aliphatic carbocycles. The molecule has 8 nitrogen and oxygen atoms in total. The zero-order valence-corrected chi connectivity index (χ0v) is 41.0. The van der Waals surface area contributed by atoms with Crippen LogP contribution in [0.15, 0.2) is 226 Å². The van der Waals surface area contributed by atoms with Gasteiger partial charge in [-0.3, -0.25) is 0 Å². The molecular weight excluding hydrogens is 937 g/mol. The van der Waals surface area contributed by atoms with Gasteiger partial charge in [-0.05, 0) is 162 Å². The zero-order chi connectivity index (χ0) is 49.1. The van der Waals surface area contributed by atoms with Gasteiger partial charge < -0.3 is 18.9 Å². The lowest BCUT2D eigenvalue weighted by atomic mass is 9.60. The van der Waals surface area contributed by atoms with Crippen LogP contribution >= 0.6 is 0 Å². The first kappa shape index (κ1) is 47.7. The van der Waals surface area contributed by atoms with E-state index in [4.69, 9.17) is 18.9 Å². The second-order valence-electron chi connectivity index (χ2n) is 18.4. The van der Waals surface area contributed by atoms with E-state index in [2.05, 4.69) is 74.5 Å². The lowest BCUT2D eigenvalue weighted by molar-refractivity contribution is 0.414. The fraction of sp³-hybridized carbons (Fsp3) is 0.129.